The van der Waals surface area contributed by atoms with Gasteiger partial charge in [0, 0.05) is 17.5 Å². The lowest BCUT2D eigenvalue weighted by Crippen LogP contribution is -2.35. The summed E-state index contributed by atoms with van der Waals surface area (Å²) in [6, 6.07) is 6.87. The van der Waals surface area contributed by atoms with Gasteiger partial charge in [-0.2, -0.15) is 8.78 Å². The summed E-state index contributed by atoms with van der Waals surface area (Å²) < 4.78 is 24.3. The molecule has 0 amide bonds. The van der Waals surface area contributed by atoms with Gasteiger partial charge in [-0.15, -0.1) is 0 Å². The van der Waals surface area contributed by atoms with Crippen LogP contribution in [0.4, 0.5) is 8.78 Å². The summed E-state index contributed by atoms with van der Waals surface area (Å²) >= 11 is 0.502. The van der Waals surface area contributed by atoms with E-state index in [-0.39, 0.29) is 12.6 Å². The fraction of sp³-hybridized carbons (Fsp3) is 0.462. The molecule has 0 aliphatic heterocycles. The second-order valence-corrected chi connectivity index (χ2v) is 5.48. The van der Waals surface area contributed by atoms with Crippen molar-refractivity contribution in [3.05, 3.63) is 29.8 Å². The number of aliphatic carboxylic acids is 1. The first-order chi connectivity index (χ1) is 8.88. The van der Waals surface area contributed by atoms with E-state index in [1.165, 1.54) is 0 Å². The van der Waals surface area contributed by atoms with E-state index in [4.69, 9.17) is 5.11 Å². The third kappa shape index (κ3) is 6.02. The van der Waals surface area contributed by atoms with Crippen molar-refractivity contribution in [2.24, 2.45) is 0 Å². The van der Waals surface area contributed by atoms with Crippen LogP contribution in [0.15, 0.2) is 29.2 Å². The first-order valence-corrected chi connectivity index (χ1v) is 6.76. The molecule has 6 heteroatoms. The van der Waals surface area contributed by atoms with Crippen LogP contribution in [0.1, 0.15) is 19.4 Å². The van der Waals surface area contributed by atoms with Gasteiger partial charge < -0.3 is 5.11 Å². The van der Waals surface area contributed by atoms with Crippen LogP contribution in [-0.4, -0.2) is 34.3 Å². The monoisotopic (exact) mass is 289 g/mol. The van der Waals surface area contributed by atoms with Gasteiger partial charge in [-0.1, -0.05) is 23.9 Å². The van der Waals surface area contributed by atoms with E-state index in [0.29, 0.717) is 23.2 Å². The van der Waals surface area contributed by atoms with Crippen LogP contribution in [0.2, 0.25) is 0 Å². The van der Waals surface area contributed by atoms with Crippen LogP contribution >= 0.6 is 11.8 Å². The van der Waals surface area contributed by atoms with Gasteiger partial charge in [-0.3, -0.25) is 9.69 Å². The molecule has 0 spiro atoms. The van der Waals surface area contributed by atoms with Crippen LogP contribution in [0.3, 0.4) is 0 Å². The molecular formula is C13H17F2NO2S. The lowest BCUT2D eigenvalue weighted by Gasteiger charge is -2.24. The molecule has 106 valence electrons. The Balaban J connectivity index is 2.66. The Kier molecular flexibility index (Phi) is 6.24. The Hall–Kier alpha value is -1.14. The fourth-order valence-corrected chi connectivity index (χ4v) is 2.10. The number of hydrogen-bond donors (Lipinski definition) is 1. The summed E-state index contributed by atoms with van der Waals surface area (Å²) in [6.45, 7) is 4.29. The van der Waals surface area contributed by atoms with Crippen molar-refractivity contribution in [3.8, 4) is 0 Å². The molecule has 0 aromatic heterocycles. The summed E-state index contributed by atoms with van der Waals surface area (Å²) in [6.07, 6.45) is 0. The largest absolute Gasteiger partial charge is 0.480 e. The minimum Gasteiger partial charge on any atom is -0.480 e. The van der Waals surface area contributed by atoms with Crippen LogP contribution in [0, 0.1) is 0 Å². The lowest BCUT2D eigenvalue weighted by molar-refractivity contribution is -0.138. The molecule has 19 heavy (non-hydrogen) atoms. The van der Waals surface area contributed by atoms with Crippen LogP contribution in [0.5, 0.6) is 0 Å². The minimum absolute atomic E-state index is 0.0365. The number of carboxylic acid groups (broad SMARTS) is 1. The molecule has 0 bridgehead atoms. The second-order valence-electron chi connectivity index (χ2n) is 4.41. The summed E-state index contributed by atoms with van der Waals surface area (Å²) in [5.74, 6) is -3.30. The number of alkyl halides is 2. The van der Waals surface area contributed by atoms with Crippen LogP contribution < -0.4 is 0 Å². The highest BCUT2D eigenvalue weighted by molar-refractivity contribution is 7.99. The molecule has 0 heterocycles. The standard InChI is InChI=1S/C13H17F2NO2S/c1-9(2)16(8-12(17)18)7-10-3-5-11(6-4-10)19-13(14)15/h3-6,9,13H,7-8H2,1-2H3,(H,17,18). The molecule has 1 N–H and O–H groups in total. The van der Waals surface area contributed by atoms with Gasteiger partial charge in [-0.05, 0) is 31.5 Å². The molecule has 0 unspecified atom stereocenters. The van der Waals surface area contributed by atoms with Crippen molar-refractivity contribution >= 4 is 17.7 Å². The predicted molar refractivity (Wildman–Crippen MR) is 71.5 cm³/mol. The van der Waals surface area contributed by atoms with E-state index in [9.17, 15) is 13.6 Å². The molecule has 1 aromatic rings. The summed E-state index contributed by atoms with van der Waals surface area (Å²) in [5, 5.41) is 8.83. The van der Waals surface area contributed by atoms with Crippen LogP contribution in [-0.2, 0) is 11.3 Å². The molecule has 1 rings (SSSR count). The van der Waals surface area contributed by atoms with Crippen molar-refractivity contribution in [1.82, 2.24) is 4.90 Å². The molecule has 0 atom stereocenters. The van der Waals surface area contributed by atoms with Gasteiger partial charge in [0.05, 0.1) is 6.54 Å². The number of hydrogen-bond acceptors (Lipinski definition) is 3. The molecule has 0 aliphatic rings. The predicted octanol–water partition coefficient (Wildman–Crippen LogP) is 3.30. The Bertz CT molecular complexity index is 410. The number of thioether (sulfide) groups is 1. The average molecular weight is 289 g/mol. The maximum Gasteiger partial charge on any atom is 0.317 e. The van der Waals surface area contributed by atoms with Gasteiger partial charge in [0.15, 0.2) is 0 Å². The number of halogens is 2. The number of rotatable bonds is 7. The Labute approximate surface area is 115 Å². The molecule has 0 aliphatic carbocycles. The Morgan fingerprint density at radius 2 is 1.89 bits per heavy atom. The smallest absolute Gasteiger partial charge is 0.317 e. The number of nitrogens with zero attached hydrogens (tertiary/aromatic N) is 1. The quantitative estimate of drug-likeness (QED) is 0.782. The molecule has 0 fully saturated rings. The average Bonchev–Trinajstić information content (AvgIpc) is 2.29. The van der Waals surface area contributed by atoms with Crippen molar-refractivity contribution in [1.29, 1.82) is 0 Å². The van der Waals surface area contributed by atoms with Crippen molar-refractivity contribution in [2.45, 2.75) is 37.1 Å². The zero-order chi connectivity index (χ0) is 14.4. The van der Waals surface area contributed by atoms with E-state index in [2.05, 4.69) is 0 Å². The highest BCUT2D eigenvalue weighted by Crippen LogP contribution is 2.25. The van der Waals surface area contributed by atoms with E-state index in [1.807, 2.05) is 13.8 Å². The third-order valence-electron chi connectivity index (χ3n) is 2.60. The number of carboxylic acids is 1. The third-order valence-corrected chi connectivity index (χ3v) is 3.33. The minimum atomic E-state index is -2.43. The molecule has 0 radical (unpaired) electrons. The molecular weight excluding hydrogens is 272 g/mol. The zero-order valence-corrected chi connectivity index (χ0v) is 11.7. The molecule has 0 saturated heterocycles. The normalized spacial score (nSPS) is 11.5. The highest BCUT2D eigenvalue weighted by Gasteiger charge is 2.14. The summed E-state index contributed by atoms with van der Waals surface area (Å²) in [4.78, 5) is 13.1. The van der Waals surface area contributed by atoms with E-state index in [0.717, 1.165) is 5.56 Å². The fourth-order valence-electron chi connectivity index (χ4n) is 1.61. The van der Waals surface area contributed by atoms with Gasteiger partial charge in [-0.25, -0.2) is 0 Å². The zero-order valence-electron chi connectivity index (χ0n) is 10.8. The molecule has 3 nitrogen and oxygen atoms in total. The summed E-state index contributed by atoms with van der Waals surface area (Å²) in [5.41, 5.74) is 0.911. The Morgan fingerprint density at radius 3 is 2.32 bits per heavy atom. The van der Waals surface area contributed by atoms with E-state index in [1.54, 1.807) is 29.2 Å². The van der Waals surface area contributed by atoms with Gasteiger partial charge >= 0.3 is 5.97 Å². The topological polar surface area (TPSA) is 40.5 Å². The van der Waals surface area contributed by atoms with E-state index < -0.39 is 11.7 Å². The molecule has 0 saturated carbocycles. The van der Waals surface area contributed by atoms with Gasteiger partial charge in [0.1, 0.15) is 0 Å². The number of benzene rings is 1. The summed E-state index contributed by atoms with van der Waals surface area (Å²) in [7, 11) is 0. The van der Waals surface area contributed by atoms with Crippen molar-refractivity contribution < 1.29 is 18.7 Å². The van der Waals surface area contributed by atoms with Crippen molar-refractivity contribution in [3.63, 3.8) is 0 Å². The highest BCUT2D eigenvalue weighted by atomic mass is 32.2. The van der Waals surface area contributed by atoms with Gasteiger partial charge in [0.25, 0.3) is 5.76 Å². The maximum absolute atomic E-state index is 12.2. The first-order valence-electron chi connectivity index (χ1n) is 5.88. The van der Waals surface area contributed by atoms with Crippen molar-refractivity contribution in [2.75, 3.05) is 6.54 Å². The van der Waals surface area contributed by atoms with E-state index >= 15 is 0 Å². The van der Waals surface area contributed by atoms with Gasteiger partial charge in [0.2, 0.25) is 0 Å². The second kappa shape index (κ2) is 7.45. The lowest BCUT2D eigenvalue weighted by atomic mass is 10.2. The maximum atomic E-state index is 12.2. The molecule has 1 aromatic carbocycles. The first kappa shape index (κ1) is 15.9. The number of carbonyl (C=O) groups is 1. The van der Waals surface area contributed by atoms with Crippen LogP contribution in [0.25, 0.3) is 0 Å². The Morgan fingerprint density at radius 1 is 1.32 bits per heavy atom. The SMILES string of the molecule is CC(C)N(CC(=O)O)Cc1ccc(SC(F)F)cc1.